The van der Waals surface area contributed by atoms with Crippen molar-refractivity contribution in [1.29, 1.82) is 0 Å². The summed E-state index contributed by atoms with van der Waals surface area (Å²) < 4.78 is 0. The molecule has 0 atom stereocenters. The average molecular weight is 426 g/mol. The molecule has 0 radical (unpaired) electrons. The van der Waals surface area contributed by atoms with Gasteiger partial charge in [0.1, 0.15) is 0 Å². The molecule has 168 valence electrons. The first-order valence-corrected chi connectivity index (χ1v) is 11.0. The Labute approximate surface area is 184 Å². The zero-order valence-electron chi connectivity index (χ0n) is 16.8. The van der Waals surface area contributed by atoms with E-state index in [1.807, 2.05) is 25.2 Å². The molecule has 0 saturated heterocycles. The van der Waals surface area contributed by atoms with Crippen molar-refractivity contribution < 1.29 is 4.79 Å². The van der Waals surface area contributed by atoms with Crippen molar-refractivity contribution >= 4 is 17.5 Å². The number of likely N-dealkylation sites (N-methyl/N-ethyl adjacent to an activating group) is 1. The molecule has 0 aromatic heterocycles. The lowest BCUT2D eigenvalue weighted by molar-refractivity contribution is 0.0944. The van der Waals surface area contributed by atoms with Crippen LogP contribution < -0.4 is 16.0 Å². The molecule has 1 saturated carbocycles. The number of carbonyl (C=O) groups excluding carboxylic acids is 1. The van der Waals surface area contributed by atoms with E-state index in [0.29, 0.717) is 16.5 Å². The first-order chi connectivity index (χ1) is 13.2. The zero-order valence-corrected chi connectivity index (χ0v) is 17.5. The predicted molar refractivity (Wildman–Crippen MR) is 128 cm³/mol. The second-order valence-corrected chi connectivity index (χ2v) is 8.10. The molecular formula is C24H44ClN3O. The van der Waals surface area contributed by atoms with Crippen LogP contribution in [0.4, 0.5) is 0 Å². The predicted octanol–water partition coefficient (Wildman–Crippen LogP) is 5.44. The van der Waals surface area contributed by atoms with Gasteiger partial charge in [0.2, 0.25) is 0 Å². The smallest absolute Gasteiger partial charge is 0.252 e. The molecule has 1 aliphatic carbocycles. The SMILES string of the molecule is C.C.CNCCNCCCc1ccc(Cl)c(C(=O)NCC2CCCCCCC2)c1. The lowest BCUT2D eigenvalue weighted by atomic mass is 9.91. The normalized spacial score (nSPS) is 14.8. The number of aryl methyl sites for hydroxylation is 1. The van der Waals surface area contributed by atoms with Crippen LogP contribution in [0, 0.1) is 5.92 Å². The lowest BCUT2D eigenvalue weighted by Gasteiger charge is -2.20. The number of halogens is 1. The highest BCUT2D eigenvalue weighted by Crippen LogP contribution is 2.22. The fourth-order valence-electron chi connectivity index (χ4n) is 3.73. The van der Waals surface area contributed by atoms with Crippen LogP contribution in [0.1, 0.15) is 82.1 Å². The minimum absolute atomic E-state index is 0. The van der Waals surface area contributed by atoms with Gasteiger partial charge in [0, 0.05) is 19.6 Å². The van der Waals surface area contributed by atoms with Gasteiger partial charge < -0.3 is 16.0 Å². The first-order valence-electron chi connectivity index (χ1n) is 10.6. The fourth-order valence-corrected chi connectivity index (χ4v) is 3.94. The van der Waals surface area contributed by atoms with Crippen molar-refractivity contribution in [3.63, 3.8) is 0 Å². The number of hydrogen-bond donors (Lipinski definition) is 3. The molecule has 29 heavy (non-hydrogen) atoms. The zero-order chi connectivity index (χ0) is 19.3. The third kappa shape index (κ3) is 11.0. The third-order valence-corrected chi connectivity index (χ3v) is 5.75. The summed E-state index contributed by atoms with van der Waals surface area (Å²) in [7, 11) is 1.96. The summed E-state index contributed by atoms with van der Waals surface area (Å²) in [6.45, 7) is 3.71. The van der Waals surface area contributed by atoms with E-state index in [0.717, 1.165) is 39.0 Å². The summed E-state index contributed by atoms with van der Waals surface area (Å²) in [5, 5.41) is 10.2. The van der Waals surface area contributed by atoms with Crippen LogP contribution >= 0.6 is 11.6 Å². The Morgan fingerprint density at radius 2 is 1.72 bits per heavy atom. The van der Waals surface area contributed by atoms with E-state index in [1.54, 1.807) is 0 Å². The number of amides is 1. The molecular weight excluding hydrogens is 382 g/mol. The van der Waals surface area contributed by atoms with Crippen LogP contribution in [0.5, 0.6) is 0 Å². The van der Waals surface area contributed by atoms with Crippen LogP contribution in [-0.4, -0.2) is 39.1 Å². The number of hydrogen-bond acceptors (Lipinski definition) is 3. The van der Waals surface area contributed by atoms with Gasteiger partial charge in [-0.15, -0.1) is 0 Å². The third-order valence-electron chi connectivity index (χ3n) is 5.42. The van der Waals surface area contributed by atoms with E-state index in [4.69, 9.17) is 11.6 Å². The monoisotopic (exact) mass is 425 g/mol. The van der Waals surface area contributed by atoms with Crippen LogP contribution in [0.25, 0.3) is 0 Å². The fraction of sp³-hybridized carbons (Fsp3) is 0.708. The quantitative estimate of drug-likeness (QED) is 0.437. The van der Waals surface area contributed by atoms with Crippen LogP contribution in [-0.2, 0) is 6.42 Å². The Morgan fingerprint density at radius 3 is 2.41 bits per heavy atom. The summed E-state index contributed by atoms with van der Waals surface area (Å²) in [5.74, 6) is 0.580. The highest BCUT2D eigenvalue weighted by Gasteiger charge is 2.15. The summed E-state index contributed by atoms with van der Waals surface area (Å²) in [6, 6.07) is 5.85. The molecule has 4 nitrogen and oxygen atoms in total. The second-order valence-electron chi connectivity index (χ2n) is 7.69. The van der Waals surface area contributed by atoms with Gasteiger partial charge in [-0.1, -0.05) is 64.6 Å². The van der Waals surface area contributed by atoms with E-state index in [2.05, 4.69) is 16.0 Å². The van der Waals surface area contributed by atoms with E-state index < -0.39 is 0 Å². The minimum atomic E-state index is -0.0314. The molecule has 1 aliphatic rings. The molecule has 2 rings (SSSR count). The molecule has 0 heterocycles. The van der Waals surface area contributed by atoms with E-state index in [9.17, 15) is 4.79 Å². The molecule has 1 amide bonds. The minimum Gasteiger partial charge on any atom is -0.352 e. The number of carbonyl (C=O) groups is 1. The Morgan fingerprint density at radius 1 is 1.03 bits per heavy atom. The van der Waals surface area contributed by atoms with Gasteiger partial charge in [0.05, 0.1) is 10.6 Å². The molecule has 1 fully saturated rings. The largest absolute Gasteiger partial charge is 0.352 e. The molecule has 0 spiro atoms. The Bertz CT molecular complexity index is 557. The van der Waals surface area contributed by atoms with Gasteiger partial charge in [0.15, 0.2) is 0 Å². The van der Waals surface area contributed by atoms with Gasteiger partial charge >= 0.3 is 0 Å². The van der Waals surface area contributed by atoms with Gasteiger partial charge in [-0.05, 0) is 62.9 Å². The maximum atomic E-state index is 12.6. The standard InChI is InChI=1S/C22H36ClN3O.2CH4/c1-24-14-15-25-13-7-10-18-11-12-21(23)20(16-18)22(27)26-17-19-8-5-3-2-4-6-9-19;;/h11-12,16,19,24-25H,2-10,13-15,17H2,1H3,(H,26,27);2*1H4. The van der Waals surface area contributed by atoms with Crippen molar-refractivity contribution in [3.05, 3.63) is 34.3 Å². The maximum absolute atomic E-state index is 12.6. The van der Waals surface area contributed by atoms with Crippen molar-refractivity contribution in [3.8, 4) is 0 Å². The second kappa shape index (κ2) is 16.7. The van der Waals surface area contributed by atoms with Crippen LogP contribution in [0.15, 0.2) is 18.2 Å². The molecule has 0 unspecified atom stereocenters. The van der Waals surface area contributed by atoms with Crippen molar-refractivity contribution in [2.45, 2.75) is 72.6 Å². The van der Waals surface area contributed by atoms with E-state index >= 15 is 0 Å². The van der Waals surface area contributed by atoms with Crippen LogP contribution in [0.2, 0.25) is 5.02 Å². The summed E-state index contributed by atoms with van der Waals surface area (Å²) in [6.07, 6.45) is 11.1. The maximum Gasteiger partial charge on any atom is 0.252 e. The Hall–Kier alpha value is -1.10. The summed E-state index contributed by atoms with van der Waals surface area (Å²) in [4.78, 5) is 12.6. The molecule has 5 heteroatoms. The van der Waals surface area contributed by atoms with Crippen LogP contribution in [0.3, 0.4) is 0 Å². The number of nitrogens with one attached hydrogen (secondary N) is 3. The summed E-state index contributed by atoms with van der Waals surface area (Å²) >= 11 is 6.30. The Balaban J connectivity index is 0.00000392. The summed E-state index contributed by atoms with van der Waals surface area (Å²) in [5.41, 5.74) is 1.79. The van der Waals surface area contributed by atoms with Crippen molar-refractivity contribution in [2.24, 2.45) is 5.92 Å². The van der Waals surface area contributed by atoms with E-state index in [1.165, 1.54) is 50.5 Å². The highest BCUT2D eigenvalue weighted by molar-refractivity contribution is 6.33. The number of benzene rings is 1. The lowest BCUT2D eigenvalue weighted by Crippen LogP contribution is -2.30. The molecule has 1 aromatic carbocycles. The van der Waals surface area contributed by atoms with Gasteiger partial charge in [-0.3, -0.25) is 4.79 Å². The highest BCUT2D eigenvalue weighted by atomic mass is 35.5. The molecule has 1 aromatic rings. The molecule has 0 bridgehead atoms. The van der Waals surface area contributed by atoms with E-state index in [-0.39, 0.29) is 20.8 Å². The molecule has 3 N–H and O–H groups in total. The van der Waals surface area contributed by atoms with Gasteiger partial charge in [0.25, 0.3) is 5.91 Å². The average Bonchev–Trinajstić information content (AvgIpc) is 2.64. The van der Waals surface area contributed by atoms with Gasteiger partial charge in [-0.2, -0.15) is 0 Å². The first kappa shape index (κ1) is 27.9. The Kier molecular flexibility index (Phi) is 16.0. The van der Waals surface area contributed by atoms with Gasteiger partial charge in [-0.25, -0.2) is 0 Å². The topological polar surface area (TPSA) is 53.2 Å². The molecule has 0 aliphatic heterocycles. The number of rotatable bonds is 10. The van der Waals surface area contributed by atoms with Crippen molar-refractivity contribution in [1.82, 2.24) is 16.0 Å². The van der Waals surface area contributed by atoms with Crippen molar-refractivity contribution in [2.75, 3.05) is 33.2 Å².